The fourth-order valence-electron chi connectivity index (χ4n) is 11.9. The van der Waals surface area contributed by atoms with Crippen molar-refractivity contribution in [2.75, 3.05) is 0 Å². The van der Waals surface area contributed by atoms with Gasteiger partial charge in [0.1, 0.15) is 6.10 Å². The summed E-state index contributed by atoms with van der Waals surface area (Å²) in [6, 6.07) is 0. The SMILES string of the molecule is C=C(C)[C@@H]1CC[C@]2(/C=N\O)CC[C@]3(C)[C@H](CC[C@@H]4[C@@]5(C)CC[C@H](OC(C)=O)C(C)(C)[C@@H]5CC[C@]43C)[C@@H]12. The van der Waals surface area contributed by atoms with Crippen molar-refractivity contribution in [1.82, 2.24) is 0 Å². The maximum atomic E-state index is 11.9. The lowest BCUT2D eigenvalue weighted by atomic mass is 9.32. The predicted octanol–water partition coefficient (Wildman–Crippen LogP) is 8.04. The summed E-state index contributed by atoms with van der Waals surface area (Å²) in [7, 11) is 0. The van der Waals surface area contributed by atoms with E-state index >= 15 is 0 Å². The van der Waals surface area contributed by atoms with Crippen molar-refractivity contribution in [3.63, 3.8) is 0 Å². The van der Waals surface area contributed by atoms with Crippen LogP contribution in [0.4, 0.5) is 0 Å². The number of hydrogen-bond acceptors (Lipinski definition) is 4. The van der Waals surface area contributed by atoms with Gasteiger partial charge in [-0.1, -0.05) is 46.8 Å². The molecular weight excluding hydrogens is 446 g/mol. The van der Waals surface area contributed by atoms with Gasteiger partial charge in [0, 0.05) is 17.8 Å². The zero-order chi connectivity index (χ0) is 26.3. The third-order valence-electron chi connectivity index (χ3n) is 13.7. The molecule has 36 heavy (non-hydrogen) atoms. The van der Waals surface area contributed by atoms with Crippen LogP contribution in [0.25, 0.3) is 0 Å². The van der Waals surface area contributed by atoms with E-state index in [0.29, 0.717) is 35.0 Å². The number of esters is 1. The van der Waals surface area contributed by atoms with Crippen molar-refractivity contribution >= 4 is 12.2 Å². The molecule has 0 aromatic rings. The molecule has 5 aliphatic carbocycles. The number of oxime groups is 1. The van der Waals surface area contributed by atoms with Gasteiger partial charge in [-0.25, -0.2) is 0 Å². The van der Waals surface area contributed by atoms with Gasteiger partial charge in [-0.3, -0.25) is 4.79 Å². The second-order valence-corrected chi connectivity index (χ2v) is 15.1. The lowest BCUT2D eigenvalue weighted by molar-refractivity contribution is -0.246. The Balaban J connectivity index is 1.52. The van der Waals surface area contributed by atoms with E-state index in [1.807, 2.05) is 6.21 Å². The molecule has 0 aromatic heterocycles. The van der Waals surface area contributed by atoms with Crippen LogP contribution in [-0.2, 0) is 9.53 Å². The normalized spacial score (nSPS) is 51.5. The third-order valence-corrected chi connectivity index (χ3v) is 13.7. The second-order valence-electron chi connectivity index (χ2n) is 15.1. The van der Waals surface area contributed by atoms with Crippen LogP contribution in [0.3, 0.4) is 0 Å². The summed E-state index contributed by atoms with van der Waals surface area (Å²) >= 11 is 0. The van der Waals surface area contributed by atoms with Crippen molar-refractivity contribution in [2.45, 2.75) is 119 Å². The van der Waals surface area contributed by atoms with Crippen LogP contribution in [-0.4, -0.2) is 23.5 Å². The molecule has 0 saturated heterocycles. The first-order chi connectivity index (χ1) is 16.8. The summed E-state index contributed by atoms with van der Waals surface area (Å²) in [5, 5.41) is 13.4. The Morgan fingerprint density at radius 2 is 1.61 bits per heavy atom. The number of fused-ring (bicyclic) bond motifs is 7. The number of rotatable bonds is 3. The highest BCUT2D eigenvalue weighted by Gasteiger charge is 2.71. The zero-order valence-corrected chi connectivity index (χ0v) is 24.0. The quantitative estimate of drug-likeness (QED) is 0.141. The van der Waals surface area contributed by atoms with Gasteiger partial charge in [-0.15, -0.1) is 5.16 Å². The summed E-state index contributed by atoms with van der Waals surface area (Å²) < 4.78 is 5.90. The van der Waals surface area contributed by atoms with Gasteiger partial charge in [-0.05, 0) is 117 Å². The number of carbonyl (C=O) groups excluding carboxylic acids is 1. The summed E-state index contributed by atoms with van der Waals surface area (Å²) in [6.07, 6.45) is 13.9. The highest BCUT2D eigenvalue weighted by atomic mass is 16.5. The second kappa shape index (κ2) is 8.34. The van der Waals surface area contributed by atoms with Gasteiger partial charge in [0.15, 0.2) is 0 Å². The minimum Gasteiger partial charge on any atom is -0.462 e. The maximum Gasteiger partial charge on any atom is 0.302 e. The average molecular weight is 498 g/mol. The van der Waals surface area contributed by atoms with Gasteiger partial charge in [0.05, 0.1) is 6.21 Å². The molecular formula is C32H51NO3. The zero-order valence-electron chi connectivity index (χ0n) is 24.0. The summed E-state index contributed by atoms with van der Waals surface area (Å²) in [4.78, 5) is 11.9. The molecule has 202 valence electrons. The molecule has 5 aliphatic rings. The monoisotopic (exact) mass is 497 g/mol. The molecule has 0 unspecified atom stereocenters. The van der Waals surface area contributed by atoms with E-state index in [1.165, 1.54) is 50.5 Å². The van der Waals surface area contributed by atoms with Crippen molar-refractivity contribution in [1.29, 1.82) is 0 Å². The smallest absolute Gasteiger partial charge is 0.302 e. The van der Waals surface area contributed by atoms with Gasteiger partial charge >= 0.3 is 5.97 Å². The molecule has 5 fully saturated rings. The molecule has 4 nitrogen and oxygen atoms in total. The Morgan fingerprint density at radius 1 is 0.889 bits per heavy atom. The van der Waals surface area contributed by atoms with E-state index in [-0.39, 0.29) is 33.7 Å². The standard InChI is InChI=1S/C32H51NO3/c1-20(2)22-11-16-32(19-33-35)18-17-30(7)23(27(22)32)9-10-25-29(6)14-13-26(36-21(3)34)28(4,5)24(29)12-15-31(25,30)8/h19,22-27,35H,1,9-18H2,2-8H3/b33-19-/t22-,23+,24-,25+,26-,27+,29-,30+,31+,32+/m0/s1. The summed E-state index contributed by atoms with van der Waals surface area (Å²) in [6.45, 7) is 20.9. The molecule has 0 aliphatic heterocycles. The van der Waals surface area contributed by atoms with E-state index in [4.69, 9.17) is 4.74 Å². The molecule has 5 saturated carbocycles. The Hall–Kier alpha value is -1.32. The fraction of sp³-hybridized carbons (Fsp3) is 0.875. The molecule has 0 radical (unpaired) electrons. The van der Waals surface area contributed by atoms with E-state index < -0.39 is 0 Å². The van der Waals surface area contributed by atoms with Crippen LogP contribution >= 0.6 is 0 Å². The van der Waals surface area contributed by atoms with Gasteiger partial charge in [0.25, 0.3) is 0 Å². The Bertz CT molecular complexity index is 955. The lowest BCUT2D eigenvalue weighted by Gasteiger charge is -2.72. The number of ether oxygens (including phenoxy) is 1. The van der Waals surface area contributed by atoms with Crippen LogP contribution in [0.2, 0.25) is 0 Å². The average Bonchev–Trinajstić information content (AvgIpc) is 3.16. The van der Waals surface area contributed by atoms with E-state index in [0.717, 1.165) is 19.3 Å². The minimum atomic E-state index is -0.133. The Kier molecular flexibility index (Phi) is 6.09. The van der Waals surface area contributed by atoms with Gasteiger partial charge in [0.2, 0.25) is 0 Å². The topological polar surface area (TPSA) is 58.9 Å². The first kappa shape index (κ1) is 26.3. The highest BCUT2D eigenvalue weighted by molar-refractivity contribution is 5.67. The van der Waals surface area contributed by atoms with Crippen molar-refractivity contribution in [3.05, 3.63) is 12.2 Å². The maximum absolute atomic E-state index is 11.9. The Labute approximate surface area is 219 Å². The van der Waals surface area contributed by atoms with E-state index in [2.05, 4.69) is 53.3 Å². The summed E-state index contributed by atoms with van der Waals surface area (Å²) in [5.74, 6) is 2.89. The first-order valence-electron chi connectivity index (χ1n) is 14.8. The molecule has 0 amide bonds. The largest absolute Gasteiger partial charge is 0.462 e. The molecule has 1 N–H and O–H groups in total. The Morgan fingerprint density at radius 3 is 2.25 bits per heavy atom. The van der Waals surface area contributed by atoms with E-state index in [1.54, 1.807) is 6.92 Å². The van der Waals surface area contributed by atoms with Gasteiger partial charge in [-0.2, -0.15) is 0 Å². The third kappa shape index (κ3) is 3.30. The van der Waals surface area contributed by atoms with Crippen molar-refractivity contribution < 1.29 is 14.7 Å². The van der Waals surface area contributed by atoms with E-state index in [9.17, 15) is 10.0 Å². The van der Waals surface area contributed by atoms with Gasteiger partial charge < -0.3 is 9.94 Å². The minimum absolute atomic E-state index is 0.00750. The van der Waals surface area contributed by atoms with Crippen LogP contribution in [0.15, 0.2) is 17.3 Å². The number of carbonyl (C=O) groups is 1. The van der Waals surface area contributed by atoms with Crippen LogP contribution in [0, 0.1) is 56.7 Å². The van der Waals surface area contributed by atoms with Crippen molar-refractivity contribution in [3.8, 4) is 0 Å². The lowest BCUT2D eigenvalue weighted by Crippen LogP contribution is -2.66. The molecule has 5 rings (SSSR count). The number of nitrogens with zero attached hydrogens (tertiary/aromatic N) is 1. The summed E-state index contributed by atoms with van der Waals surface area (Å²) in [5.41, 5.74) is 2.24. The number of allylic oxidation sites excluding steroid dienone is 1. The molecule has 0 spiro atoms. The van der Waals surface area contributed by atoms with Crippen molar-refractivity contribution in [2.24, 2.45) is 61.8 Å². The molecule has 0 heterocycles. The van der Waals surface area contributed by atoms with Crippen LogP contribution < -0.4 is 0 Å². The molecule has 0 bridgehead atoms. The molecule has 4 heteroatoms. The van der Waals surface area contributed by atoms with Crippen LogP contribution in [0.1, 0.15) is 113 Å². The fourth-order valence-corrected chi connectivity index (χ4v) is 11.9. The molecule has 0 aromatic carbocycles. The van der Waals surface area contributed by atoms with Crippen LogP contribution in [0.5, 0.6) is 0 Å². The first-order valence-corrected chi connectivity index (χ1v) is 14.8. The highest BCUT2D eigenvalue weighted by Crippen LogP contribution is 2.77. The number of hydrogen-bond donors (Lipinski definition) is 1. The molecule has 10 atom stereocenters. The predicted molar refractivity (Wildman–Crippen MR) is 145 cm³/mol.